The number of hydrogen-bond donors (Lipinski definition) is 0. The Morgan fingerprint density at radius 2 is 2.44 bits per heavy atom. The maximum Gasteiger partial charge on any atom is 0.317 e. The molecular weight excluding hydrogens is 116 g/mol. The predicted octanol–water partition coefficient (Wildman–Crippen LogP) is 1.47. The quantitative estimate of drug-likeness (QED) is 0.497. The zero-order chi connectivity index (χ0) is 6.85. The first-order valence-electron chi connectivity index (χ1n) is 3.14. The molecule has 0 amide bonds. The van der Waals surface area contributed by atoms with E-state index in [0.29, 0.717) is 0 Å². The summed E-state index contributed by atoms with van der Waals surface area (Å²) in [6.07, 6.45) is 2.71. The Kier molecular flexibility index (Phi) is 1.56. The molecular formula is C7H10O2. The van der Waals surface area contributed by atoms with Crippen molar-refractivity contribution in [1.82, 2.24) is 0 Å². The molecule has 1 rings (SSSR count). The second kappa shape index (κ2) is 2.21. The van der Waals surface area contributed by atoms with Crippen molar-refractivity contribution >= 4 is 5.97 Å². The van der Waals surface area contributed by atoms with E-state index in [-0.39, 0.29) is 11.9 Å². The number of ether oxygens (including phenoxy) is 1. The van der Waals surface area contributed by atoms with Crippen LogP contribution >= 0.6 is 0 Å². The lowest BCUT2D eigenvalue weighted by atomic mass is 10.1. The summed E-state index contributed by atoms with van der Waals surface area (Å²) in [6, 6.07) is 0. The molecule has 0 aromatic rings. The fraction of sp³-hybridized carbons (Fsp3) is 0.571. The first-order valence-corrected chi connectivity index (χ1v) is 3.14. The highest BCUT2D eigenvalue weighted by atomic mass is 16.5. The van der Waals surface area contributed by atoms with E-state index in [0.717, 1.165) is 12.2 Å². The fourth-order valence-electron chi connectivity index (χ4n) is 0.904. The van der Waals surface area contributed by atoms with Crippen LogP contribution < -0.4 is 0 Å². The van der Waals surface area contributed by atoms with Crippen molar-refractivity contribution in [3.8, 4) is 0 Å². The summed E-state index contributed by atoms with van der Waals surface area (Å²) in [7, 11) is 0. The average Bonchev–Trinajstić information content (AvgIpc) is 2.10. The molecule has 0 N–H and O–H groups in total. The molecule has 0 saturated heterocycles. The molecule has 2 nitrogen and oxygen atoms in total. The van der Waals surface area contributed by atoms with Crippen LogP contribution in [0.4, 0.5) is 0 Å². The number of rotatable bonds is 1. The Balaban J connectivity index is 2.64. The van der Waals surface area contributed by atoms with Gasteiger partial charge in [-0.25, -0.2) is 0 Å². The smallest absolute Gasteiger partial charge is 0.317 e. The van der Waals surface area contributed by atoms with Crippen LogP contribution in [-0.4, -0.2) is 5.97 Å². The molecule has 0 aromatic heterocycles. The molecule has 0 aliphatic carbocycles. The van der Waals surface area contributed by atoms with Crippen LogP contribution in [0.15, 0.2) is 11.8 Å². The molecule has 1 aliphatic heterocycles. The van der Waals surface area contributed by atoms with Crippen molar-refractivity contribution in [3.63, 3.8) is 0 Å². The molecule has 0 saturated carbocycles. The Morgan fingerprint density at radius 3 is 2.67 bits per heavy atom. The molecule has 0 radical (unpaired) electrons. The Morgan fingerprint density at radius 1 is 1.78 bits per heavy atom. The van der Waals surface area contributed by atoms with Crippen molar-refractivity contribution in [2.24, 2.45) is 5.92 Å². The van der Waals surface area contributed by atoms with Crippen LogP contribution in [0.25, 0.3) is 0 Å². The van der Waals surface area contributed by atoms with E-state index in [2.05, 4.69) is 0 Å². The van der Waals surface area contributed by atoms with Gasteiger partial charge in [0.25, 0.3) is 0 Å². The molecule has 2 heteroatoms. The minimum Gasteiger partial charge on any atom is -0.431 e. The lowest BCUT2D eigenvalue weighted by molar-refractivity contribution is -0.140. The number of cyclic esters (lactones) is 1. The normalized spacial score (nSPS) is 25.8. The second-order valence-corrected chi connectivity index (χ2v) is 2.21. The van der Waals surface area contributed by atoms with Gasteiger partial charge in [-0.15, -0.1) is 0 Å². The highest BCUT2D eigenvalue weighted by Gasteiger charge is 2.22. The molecule has 1 atom stereocenters. The van der Waals surface area contributed by atoms with Crippen LogP contribution in [0, 0.1) is 5.92 Å². The average molecular weight is 126 g/mol. The predicted molar refractivity (Wildman–Crippen MR) is 33.6 cm³/mol. The van der Waals surface area contributed by atoms with E-state index in [1.165, 1.54) is 0 Å². The lowest BCUT2D eigenvalue weighted by Gasteiger charge is -1.96. The largest absolute Gasteiger partial charge is 0.431 e. The third kappa shape index (κ3) is 1.12. The Bertz CT molecular complexity index is 158. The van der Waals surface area contributed by atoms with Gasteiger partial charge in [-0.2, -0.15) is 0 Å². The van der Waals surface area contributed by atoms with Crippen LogP contribution in [0.1, 0.15) is 20.3 Å². The van der Waals surface area contributed by atoms with Gasteiger partial charge in [-0.05, 0) is 19.4 Å². The summed E-state index contributed by atoms with van der Waals surface area (Å²) in [4.78, 5) is 10.7. The van der Waals surface area contributed by atoms with Gasteiger partial charge < -0.3 is 4.74 Å². The van der Waals surface area contributed by atoms with Crippen LogP contribution in [0.3, 0.4) is 0 Å². The maximum absolute atomic E-state index is 10.7. The van der Waals surface area contributed by atoms with Crippen molar-refractivity contribution in [3.05, 3.63) is 11.8 Å². The van der Waals surface area contributed by atoms with Crippen molar-refractivity contribution in [2.75, 3.05) is 0 Å². The standard InChI is InChI=1S/C7H10O2/c1-3-6-4-5(2)9-7(6)8/h4,6H,3H2,1-2H3. The molecule has 0 bridgehead atoms. The molecule has 1 heterocycles. The highest BCUT2D eigenvalue weighted by Crippen LogP contribution is 2.19. The zero-order valence-electron chi connectivity index (χ0n) is 5.68. The topological polar surface area (TPSA) is 26.3 Å². The number of esters is 1. The Labute approximate surface area is 54.5 Å². The SMILES string of the molecule is CCC1C=C(C)OC1=O. The van der Waals surface area contributed by atoms with E-state index >= 15 is 0 Å². The summed E-state index contributed by atoms with van der Waals surface area (Å²) >= 11 is 0. The van der Waals surface area contributed by atoms with E-state index in [1.807, 2.05) is 13.0 Å². The monoisotopic (exact) mass is 126 g/mol. The molecule has 50 valence electrons. The second-order valence-electron chi connectivity index (χ2n) is 2.21. The number of allylic oxidation sites excluding steroid dienone is 1. The molecule has 1 aliphatic rings. The van der Waals surface area contributed by atoms with Gasteiger partial charge in [-0.1, -0.05) is 6.92 Å². The lowest BCUT2D eigenvalue weighted by Crippen LogP contribution is -2.05. The van der Waals surface area contributed by atoms with Gasteiger partial charge in [0.2, 0.25) is 0 Å². The molecule has 0 aromatic carbocycles. The highest BCUT2D eigenvalue weighted by molar-refractivity contribution is 5.78. The fourth-order valence-corrected chi connectivity index (χ4v) is 0.904. The molecule has 0 spiro atoms. The van der Waals surface area contributed by atoms with Crippen LogP contribution in [0.5, 0.6) is 0 Å². The summed E-state index contributed by atoms with van der Waals surface area (Å²) in [6.45, 7) is 3.77. The van der Waals surface area contributed by atoms with Gasteiger partial charge in [0.05, 0.1) is 5.92 Å². The van der Waals surface area contributed by atoms with Crippen molar-refractivity contribution in [1.29, 1.82) is 0 Å². The third-order valence-electron chi connectivity index (χ3n) is 1.44. The van der Waals surface area contributed by atoms with Gasteiger partial charge in [0, 0.05) is 0 Å². The zero-order valence-corrected chi connectivity index (χ0v) is 5.68. The van der Waals surface area contributed by atoms with E-state index in [1.54, 1.807) is 6.92 Å². The van der Waals surface area contributed by atoms with Gasteiger partial charge >= 0.3 is 5.97 Å². The first kappa shape index (κ1) is 6.33. The third-order valence-corrected chi connectivity index (χ3v) is 1.44. The molecule has 0 fully saturated rings. The van der Waals surface area contributed by atoms with Gasteiger partial charge in [-0.3, -0.25) is 4.79 Å². The van der Waals surface area contributed by atoms with Crippen LogP contribution in [-0.2, 0) is 9.53 Å². The molecule has 1 unspecified atom stereocenters. The number of hydrogen-bond acceptors (Lipinski definition) is 2. The van der Waals surface area contributed by atoms with Gasteiger partial charge in [0.15, 0.2) is 0 Å². The summed E-state index contributed by atoms with van der Waals surface area (Å²) in [5.74, 6) is 0.659. The summed E-state index contributed by atoms with van der Waals surface area (Å²) in [5, 5.41) is 0. The van der Waals surface area contributed by atoms with Crippen molar-refractivity contribution < 1.29 is 9.53 Å². The first-order chi connectivity index (χ1) is 4.24. The van der Waals surface area contributed by atoms with E-state index in [9.17, 15) is 4.79 Å². The van der Waals surface area contributed by atoms with Crippen LogP contribution in [0.2, 0.25) is 0 Å². The maximum atomic E-state index is 10.7. The van der Waals surface area contributed by atoms with Gasteiger partial charge in [0.1, 0.15) is 5.76 Å². The number of carbonyl (C=O) groups excluding carboxylic acids is 1. The minimum absolute atomic E-state index is 0.0185. The Hall–Kier alpha value is -0.790. The van der Waals surface area contributed by atoms with E-state index < -0.39 is 0 Å². The van der Waals surface area contributed by atoms with Crippen molar-refractivity contribution in [2.45, 2.75) is 20.3 Å². The molecule has 9 heavy (non-hydrogen) atoms. The summed E-state index contributed by atoms with van der Waals surface area (Å²) < 4.78 is 4.79. The summed E-state index contributed by atoms with van der Waals surface area (Å²) in [5.41, 5.74) is 0. The van der Waals surface area contributed by atoms with E-state index in [4.69, 9.17) is 4.74 Å². The minimum atomic E-state index is -0.102. The number of carbonyl (C=O) groups is 1.